The van der Waals surface area contributed by atoms with E-state index in [-0.39, 0.29) is 62.3 Å². The van der Waals surface area contributed by atoms with E-state index in [0.717, 1.165) is 12.1 Å². The SMILES string of the molecule is O=C(NCc1ccc(F)cc1S(=O)(=O)N1CCOCC1)c1nc2n(c(=O)c1O)CCOC21CCOCC1. The van der Waals surface area contributed by atoms with Gasteiger partial charge in [0.05, 0.1) is 31.3 Å². The lowest BCUT2D eigenvalue weighted by Crippen LogP contribution is -2.48. The maximum Gasteiger partial charge on any atom is 0.296 e. The zero-order chi connectivity index (χ0) is 26.2. The predicted molar refractivity (Wildman–Crippen MR) is 125 cm³/mol. The molecule has 1 spiro atoms. The lowest BCUT2D eigenvalue weighted by Gasteiger charge is -2.40. The lowest BCUT2D eigenvalue weighted by molar-refractivity contribution is -0.139. The highest BCUT2D eigenvalue weighted by Crippen LogP contribution is 2.37. The van der Waals surface area contributed by atoms with Crippen molar-refractivity contribution in [2.75, 3.05) is 46.1 Å². The van der Waals surface area contributed by atoms with Crippen LogP contribution in [-0.2, 0) is 42.9 Å². The van der Waals surface area contributed by atoms with Crippen molar-refractivity contribution in [3.05, 3.63) is 51.5 Å². The summed E-state index contributed by atoms with van der Waals surface area (Å²) in [6.07, 6.45) is 0.868. The predicted octanol–water partition coefficient (Wildman–Crippen LogP) is 0.0748. The summed E-state index contributed by atoms with van der Waals surface area (Å²) in [6, 6.07) is 3.26. The Hall–Kier alpha value is -2.91. The summed E-state index contributed by atoms with van der Waals surface area (Å²) in [5.41, 5.74) is -2.02. The molecule has 0 atom stereocenters. The second-order valence-electron chi connectivity index (χ2n) is 9.00. The summed E-state index contributed by atoms with van der Waals surface area (Å²) in [7, 11) is -4.06. The van der Waals surface area contributed by atoms with Crippen LogP contribution in [0.25, 0.3) is 0 Å². The van der Waals surface area contributed by atoms with Gasteiger partial charge in [0, 0.05) is 45.7 Å². The van der Waals surface area contributed by atoms with Crippen LogP contribution in [0.4, 0.5) is 4.39 Å². The van der Waals surface area contributed by atoms with E-state index in [1.54, 1.807) is 0 Å². The molecular weight excluding hydrogens is 511 g/mol. The van der Waals surface area contributed by atoms with Crippen LogP contribution in [0.5, 0.6) is 5.75 Å². The van der Waals surface area contributed by atoms with Crippen molar-refractivity contribution in [2.45, 2.75) is 36.4 Å². The van der Waals surface area contributed by atoms with Crippen LogP contribution in [0.3, 0.4) is 0 Å². The van der Waals surface area contributed by atoms with E-state index in [4.69, 9.17) is 14.2 Å². The average molecular weight is 539 g/mol. The normalized spacial score (nSPS) is 19.9. The fraction of sp³-hybridized carbons (Fsp3) is 0.522. The molecule has 1 aromatic heterocycles. The maximum absolute atomic E-state index is 14.0. The Kier molecular flexibility index (Phi) is 7.02. The summed E-state index contributed by atoms with van der Waals surface area (Å²) in [6.45, 7) is 1.59. The first kappa shape index (κ1) is 25.7. The first-order valence-corrected chi connectivity index (χ1v) is 13.4. The molecule has 0 aliphatic carbocycles. The van der Waals surface area contributed by atoms with Crippen LogP contribution in [-0.4, -0.2) is 79.4 Å². The number of hydrogen-bond donors (Lipinski definition) is 2. The van der Waals surface area contributed by atoms with E-state index >= 15 is 0 Å². The van der Waals surface area contributed by atoms with Crippen LogP contribution in [0.15, 0.2) is 27.9 Å². The number of fused-ring (bicyclic) bond motifs is 2. The Morgan fingerprint density at radius 2 is 1.81 bits per heavy atom. The minimum atomic E-state index is -4.06. The number of aromatic nitrogens is 2. The third kappa shape index (κ3) is 4.75. The second kappa shape index (κ2) is 10.1. The third-order valence-corrected chi connectivity index (χ3v) is 8.80. The Bertz CT molecular complexity index is 1370. The van der Waals surface area contributed by atoms with Gasteiger partial charge in [0.1, 0.15) is 17.2 Å². The van der Waals surface area contributed by atoms with Crippen LogP contribution >= 0.6 is 0 Å². The maximum atomic E-state index is 14.0. The summed E-state index contributed by atoms with van der Waals surface area (Å²) < 4.78 is 59.5. The Morgan fingerprint density at radius 1 is 1.11 bits per heavy atom. The van der Waals surface area contributed by atoms with E-state index in [2.05, 4.69) is 10.3 Å². The fourth-order valence-corrected chi connectivity index (χ4v) is 6.46. The number of nitrogens with one attached hydrogen (secondary N) is 1. The molecule has 14 heteroatoms. The van der Waals surface area contributed by atoms with Gasteiger partial charge in [-0.3, -0.25) is 14.2 Å². The van der Waals surface area contributed by atoms with Gasteiger partial charge in [-0.2, -0.15) is 4.31 Å². The van der Waals surface area contributed by atoms with Crippen molar-refractivity contribution in [1.82, 2.24) is 19.2 Å². The Morgan fingerprint density at radius 3 is 2.54 bits per heavy atom. The Labute approximate surface area is 212 Å². The number of rotatable bonds is 5. The highest BCUT2D eigenvalue weighted by molar-refractivity contribution is 7.89. The van der Waals surface area contributed by atoms with Crippen LogP contribution in [0, 0.1) is 5.82 Å². The van der Waals surface area contributed by atoms with Gasteiger partial charge in [-0.1, -0.05) is 6.07 Å². The number of ether oxygens (including phenoxy) is 3. The van der Waals surface area contributed by atoms with Crippen LogP contribution in [0.2, 0.25) is 0 Å². The summed E-state index contributed by atoms with van der Waals surface area (Å²) in [4.78, 5) is 30.0. The molecule has 2 fully saturated rings. The van der Waals surface area contributed by atoms with Gasteiger partial charge in [-0.05, 0) is 17.7 Å². The molecule has 2 aromatic rings. The fourth-order valence-electron chi connectivity index (χ4n) is 4.82. The van der Waals surface area contributed by atoms with Gasteiger partial charge in [-0.15, -0.1) is 0 Å². The smallest absolute Gasteiger partial charge is 0.296 e. The summed E-state index contributed by atoms with van der Waals surface area (Å²) in [5.74, 6) is -2.20. The number of hydrogen-bond acceptors (Lipinski definition) is 9. The largest absolute Gasteiger partial charge is 0.501 e. The summed E-state index contributed by atoms with van der Waals surface area (Å²) in [5, 5.41) is 13.0. The molecule has 2 saturated heterocycles. The third-order valence-electron chi connectivity index (χ3n) is 6.82. The van der Waals surface area contributed by atoms with Crippen molar-refractivity contribution in [3.63, 3.8) is 0 Å². The average Bonchev–Trinajstić information content (AvgIpc) is 2.91. The molecule has 2 N–H and O–H groups in total. The molecule has 3 aliphatic heterocycles. The lowest BCUT2D eigenvalue weighted by atomic mass is 9.91. The number of morpholine rings is 1. The van der Waals surface area contributed by atoms with E-state index < -0.39 is 44.4 Å². The number of sulfonamides is 1. The second-order valence-corrected chi connectivity index (χ2v) is 10.9. The van der Waals surface area contributed by atoms with Crippen LogP contribution in [0.1, 0.15) is 34.7 Å². The molecule has 12 nitrogen and oxygen atoms in total. The van der Waals surface area contributed by atoms with E-state index in [1.807, 2.05) is 0 Å². The van der Waals surface area contributed by atoms with Crippen molar-refractivity contribution in [2.24, 2.45) is 0 Å². The van der Waals surface area contributed by atoms with Gasteiger partial charge in [0.25, 0.3) is 11.5 Å². The quantitative estimate of drug-likeness (QED) is 0.539. The number of benzene rings is 1. The van der Waals surface area contributed by atoms with Crippen molar-refractivity contribution < 1.29 is 36.9 Å². The van der Waals surface area contributed by atoms with Crippen molar-refractivity contribution in [3.8, 4) is 5.75 Å². The molecule has 0 bridgehead atoms. The molecule has 0 unspecified atom stereocenters. The first-order valence-electron chi connectivity index (χ1n) is 11.9. The number of amides is 1. The van der Waals surface area contributed by atoms with Crippen molar-refractivity contribution in [1.29, 1.82) is 0 Å². The molecule has 200 valence electrons. The van der Waals surface area contributed by atoms with Gasteiger partial charge in [0.2, 0.25) is 15.8 Å². The molecule has 4 heterocycles. The van der Waals surface area contributed by atoms with E-state index in [1.165, 1.54) is 14.9 Å². The molecule has 3 aliphatic rings. The molecule has 5 rings (SSSR count). The monoisotopic (exact) mass is 538 g/mol. The highest BCUT2D eigenvalue weighted by atomic mass is 32.2. The van der Waals surface area contributed by atoms with E-state index in [9.17, 15) is 27.5 Å². The first-order chi connectivity index (χ1) is 17.7. The van der Waals surface area contributed by atoms with Gasteiger partial charge >= 0.3 is 0 Å². The molecular formula is C23H27FN4O8S. The molecule has 0 radical (unpaired) electrons. The molecule has 0 saturated carbocycles. The minimum Gasteiger partial charge on any atom is -0.501 e. The van der Waals surface area contributed by atoms with Gasteiger partial charge < -0.3 is 24.6 Å². The zero-order valence-corrected chi connectivity index (χ0v) is 20.8. The standard InChI is InChI=1S/C23H27FN4O8S/c24-16-2-1-15(17(13-16)37(32,33)27-5-10-35-11-6-27)14-25-20(30)18-19(29)21(31)28-7-12-36-23(22(28)26-18)3-8-34-9-4-23/h1-2,13,29H,3-12,14H2,(H,25,30). The molecule has 1 aromatic carbocycles. The zero-order valence-electron chi connectivity index (χ0n) is 19.9. The van der Waals surface area contributed by atoms with Gasteiger partial charge in [-0.25, -0.2) is 17.8 Å². The highest BCUT2D eigenvalue weighted by Gasteiger charge is 2.43. The molecule has 1 amide bonds. The van der Waals surface area contributed by atoms with Crippen molar-refractivity contribution >= 4 is 15.9 Å². The van der Waals surface area contributed by atoms with E-state index in [0.29, 0.717) is 26.1 Å². The summed E-state index contributed by atoms with van der Waals surface area (Å²) >= 11 is 0. The minimum absolute atomic E-state index is 0.121. The number of nitrogens with zero attached hydrogens (tertiary/aromatic N) is 3. The molecule has 37 heavy (non-hydrogen) atoms. The number of carbonyl (C=O) groups is 1. The van der Waals surface area contributed by atoms with Crippen LogP contribution < -0.4 is 10.9 Å². The number of aromatic hydroxyl groups is 1. The number of carbonyl (C=O) groups excluding carboxylic acids is 1. The Balaban J connectivity index is 1.43. The topological polar surface area (TPSA) is 149 Å². The van der Waals surface area contributed by atoms with Gasteiger partial charge in [0.15, 0.2) is 5.69 Å². The number of halogens is 1.